The minimum absolute atomic E-state index is 0.0534. The minimum Gasteiger partial charge on any atom is -0.339 e. The van der Waals surface area contributed by atoms with Gasteiger partial charge in [-0.1, -0.05) is 12.1 Å². The normalized spacial score (nSPS) is 13.7. The quantitative estimate of drug-likeness (QED) is 0.636. The van der Waals surface area contributed by atoms with E-state index in [-0.39, 0.29) is 17.9 Å². The van der Waals surface area contributed by atoms with E-state index in [1.54, 1.807) is 42.7 Å². The van der Waals surface area contributed by atoms with Crippen molar-refractivity contribution < 1.29 is 14.0 Å². The number of amides is 2. The lowest BCUT2D eigenvalue weighted by Gasteiger charge is -2.34. The Morgan fingerprint density at radius 3 is 2.32 bits per heavy atom. The van der Waals surface area contributed by atoms with E-state index in [4.69, 9.17) is 0 Å². The van der Waals surface area contributed by atoms with E-state index < -0.39 is 11.9 Å². The lowest BCUT2D eigenvalue weighted by Crippen LogP contribution is -2.49. The minimum atomic E-state index is -0.710. The summed E-state index contributed by atoms with van der Waals surface area (Å²) in [6, 6.07) is 11.3. The molecule has 2 aromatic heterocycles. The number of anilines is 2. The third-order valence-electron chi connectivity index (χ3n) is 5.02. The average Bonchev–Trinajstić information content (AvgIpc) is 2.81. The van der Waals surface area contributed by atoms with Gasteiger partial charge in [0.1, 0.15) is 0 Å². The van der Waals surface area contributed by atoms with E-state index in [0.29, 0.717) is 37.8 Å². The van der Waals surface area contributed by atoms with Crippen LogP contribution >= 0.6 is 0 Å². The zero-order valence-electron chi connectivity index (χ0n) is 16.7. The lowest BCUT2D eigenvalue weighted by molar-refractivity contribution is -0.130. The number of nitrogens with zero attached hydrogens (tertiary/aromatic N) is 5. The van der Waals surface area contributed by atoms with Gasteiger partial charge in [0, 0.05) is 62.1 Å². The standard InChI is InChI=1S/C22H21FN6O2/c23-19-15-17(6-9-24-19)21(31)27-18-4-2-16(3-5-18)14-20(30)28-10-12-29(13-11-28)22-25-7-1-8-26-22/h1-9,15H,10-14H2,(H,27,31). The SMILES string of the molecule is O=C(Nc1ccc(CC(=O)N2CCN(c3ncccn3)CC2)cc1)c1ccnc(F)c1. The Hall–Kier alpha value is -3.88. The Kier molecular flexibility index (Phi) is 6.11. The first kappa shape index (κ1) is 20.4. The molecule has 158 valence electrons. The Morgan fingerprint density at radius 1 is 0.935 bits per heavy atom. The maximum atomic E-state index is 13.2. The smallest absolute Gasteiger partial charge is 0.255 e. The summed E-state index contributed by atoms with van der Waals surface area (Å²) in [5, 5.41) is 2.70. The number of aromatic nitrogens is 3. The predicted octanol–water partition coefficient (Wildman–Crippen LogP) is 2.15. The Labute approximate surface area is 178 Å². The Bertz CT molecular complexity index is 1050. The molecule has 0 unspecified atom stereocenters. The molecule has 1 aliphatic rings. The third-order valence-corrected chi connectivity index (χ3v) is 5.02. The summed E-state index contributed by atoms with van der Waals surface area (Å²) >= 11 is 0. The molecular weight excluding hydrogens is 399 g/mol. The summed E-state index contributed by atoms with van der Waals surface area (Å²) in [5.74, 6) is -0.400. The number of carbonyl (C=O) groups is 2. The zero-order valence-corrected chi connectivity index (χ0v) is 16.7. The first-order valence-corrected chi connectivity index (χ1v) is 9.90. The van der Waals surface area contributed by atoms with Crippen LogP contribution in [0.3, 0.4) is 0 Å². The highest BCUT2D eigenvalue weighted by atomic mass is 19.1. The van der Waals surface area contributed by atoms with Gasteiger partial charge < -0.3 is 15.1 Å². The van der Waals surface area contributed by atoms with Crippen molar-refractivity contribution >= 4 is 23.5 Å². The van der Waals surface area contributed by atoms with Gasteiger partial charge in [0.2, 0.25) is 17.8 Å². The molecule has 8 nitrogen and oxygen atoms in total. The van der Waals surface area contributed by atoms with Crippen molar-refractivity contribution in [1.29, 1.82) is 0 Å². The Balaban J connectivity index is 1.29. The van der Waals surface area contributed by atoms with E-state index in [0.717, 1.165) is 11.6 Å². The lowest BCUT2D eigenvalue weighted by atomic mass is 10.1. The fourth-order valence-corrected chi connectivity index (χ4v) is 3.35. The monoisotopic (exact) mass is 420 g/mol. The van der Waals surface area contributed by atoms with Crippen LogP contribution in [-0.2, 0) is 11.2 Å². The Morgan fingerprint density at radius 2 is 1.65 bits per heavy atom. The summed E-state index contributed by atoms with van der Waals surface area (Å²) in [5.41, 5.74) is 1.61. The van der Waals surface area contributed by atoms with Crippen molar-refractivity contribution in [3.8, 4) is 0 Å². The highest BCUT2D eigenvalue weighted by molar-refractivity contribution is 6.04. The number of hydrogen-bond donors (Lipinski definition) is 1. The summed E-state index contributed by atoms with van der Waals surface area (Å²) in [6.45, 7) is 2.62. The molecule has 0 aliphatic carbocycles. The van der Waals surface area contributed by atoms with Gasteiger partial charge in [-0.3, -0.25) is 9.59 Å². The van der Waals surface area contributed by atoms with Crippen LogP contribution in [0, 0.1) is 5.95 Å². The largest absolute Gasteiger partial charge is 0.339 e. The summed E-state index contributed by atoms with van der Waals surface area (Å²) in [7, 11) is 0. The third kappa shape index (κ3) is 5.19. The van der Waals surface area contributed by atoms with Crippen LogP contribution < -0.4 is 10.2 Å². The second-order valence-corrected chi connectivity index (χ2v) is 7.11. The molecule has 4 rings (SSSR count). The van der Waals surface area contributed by atoms with Gasteiger partial charge >= 0.3 is 0 Å². The topological polar surface area (TPSA) is 91.3 Å². The number of rotatable bonds is 5. The molecule has 1 aliphatic heterocycles. The molecule has 1 fully saturated rings. The van der Waals surface area contributed by atoms with E-state index in [9.17, 15) is 14.0 Å². The van der Waals surface area contributed by atoms with Gasteiger partial charge in [0.25, 0.3) is 5.91 Å². The van der Waals surface area contributed by atoms with Crippen molar-refractivity contribution in [2.24, 2.45) is 0 Å². The van der Waals surface area contributed by atoms with E-state index >= 15 is 0 Å². The highest BCUT2D eigenvalue weighted by Gasteiger charge is 2.22. The summed E-state index contributed by atoms with van der Waals surface area (Å²) in [4.78, 5) is 40.7. The molecule has 0 radical (unpaired) electrons. The van der Waals surface area contributed by atoms with Crippen molar-refractivity contribution in [1.82, 2.24) is 19.9 Å². The van der Waals surface area contributed by atoms with Crippen LogP contribution in [0.4, 0.5) is 16.0 Å². The average molecular weight is 420 g/mol. The molecule has 2 amide bonds. The molecule has 0 spiro atoms. The zero-order chi connectivity index (χ0) is 21.6. The number of halogens is 1. The number of carbonyl (C=O) groups excluding carboxylic acids is 2. The summed E-state index contributed by atoms with van der Waals surface area (Å²) < 4.78 is 13.2. The van der Waals surface area contributed by atoms with Gasteiger partial charge in [-0.15, -0.1) is 0 Å². The molecule has 1 saturated heterocycles. The fraction of sp³-hybridized carbons (Fsp3) is 0.227. The molecule has 0 bridgehead atoms. The molecule has 1 N–H and O–H groups in total. The summed E-state index contributed by atoms with van der Waals surface area (Å²) in [6.07, 6.45) is 4.94. The second-order valence-electron chi connectivity index (χ2n) is 7.11. The molecule has 3 aromatic rings. The number of piperazine rings is 1. The van der Waals surface area contributed by atoms with Crippen LogP contribution in [-0.4, -0.2) is 57.8 Å². The maximum absolute atomic E-state index is 13.2. The second kappa shape index (κ2) is 9.29. The van der Waals surface area contributed by atoms with Crippen molar-refractivity contribution in [2.75, 3.05) is 36.4 Å². The molecule has 9 heteroatoms. The van der Waals surface area contributed by atoms with Gasteiger partial charge in [0.15, 0.2) is 0 Å². The van der Waals surface area contributed by atoms with E-state index in [1.165, 1.54) is 12.3 Å². The van der Waals surface area contributed by atoms with Crippen molar-refractivity contribution in [2.45, 2.75) is 6.42 Å². The van der Waals surface area contributed by atoms with Crippen LogP contribution in [0.2, 0.25) is 0 Å². The van der Waals surface area contributed by atoms with Crippen LogP contribution in [0.1, 0.15) is 15.9 Å². The maximum Gasteiger partial charge on any atom is 0.255 e. The van der Waals surface area contributed by atoms with E-state index in [1.807, 2.05) is 4.90 Å². The van der Waals surface area contributed by atoms with Gasteiger partial charge in [-0.2, -0.15) is 4.39 Å². The number of pyridine rings is 1. The number of nitrogens with one attached hydrogen (secondary N) is 1. The van der Waals surface area contributed by atoms with Crippen LogP contribution in [0.15, 0.2) is 61.1 Å². The first-order chi connectivity index (χ1) is 15.1. The fourth-order valence-electron chi connectivity index (χ4n) is 3.35. The molecule has 1 aromatic carbocycles. The van der Waals surface area contributed by atoms with Gasteiger partial charge in [-0.25, -0.2) is 15.0 Å². The molecular formula is C22H21FN6O2. The van der Waals surface area contributed by atoms with Crippen molar-refractivity contribution in [3.63, 3.8) is 0 Å². The molecule has 3 heterocycles. The van der Waals surface area contributed by atoms with E-state index in [2.05, 4.69) is 25.2 Å². The molecule has 0 atom stereocenters. The number of benzene rings is 1. The molecule has 0 saturated carbocycles. The van der Waals surface area contributed by atoms with Crippen LogP contribution in [0.25, 0.3) is 0 Å². The van der Waals surface area contributed by atoms with Crippen molar-refractivity contribution in [3.05, 3.63) is 78.1 Å². The highest BCUT2D eigenvalue weighted by Crippen LogP contribution is 2.15. The first-order valence-electron chi connectivity index (χ1n) is 9.90. The van der Waals surface area contributed by atoms with Gasteiger partial charge in [-0.05, 0) is 29.8 Å². The van der Waals surface area contributed by atoms with Gasteiger partial charge in [0.05, 0.1) is 6.42 Å². The number of hydrogen-bond acceptors (Lipinski definition) is 6. The predicted molar refractivity (Wildman–Crippen MR) is 113 cm³/mol. The van der Waals surface area contributed by atoms with Crippen LogP contribution in [0.5, 0.6) is 0 Å². The molecule has 31 heavy (non-hydrogen) atoms.